The molecule has 0 aromatic carbocycles. The van der Waals surface area contributed by atoms with Crippen molar-refractivity contribution in [3.8, 4) is 23.9 Å². The molecule has 2 aromatic rings. The zero-order valence-corrected chi connectivity index (χ0v) is 12.2. The van der Waals surface area contributed by atoms with Crippen LogP contribution in [0, 0.1) is 12.3 Å². The summed E-state index contributed by atoms with van der Waals surface area (Å²) >= 11 is 0. The van der Waals surface area contributed by atoms with Crippen LogP contribution in [0.5, 0.6) is 0 Å². The highest BCUT2D eigenvalue weighted by Crippen LogP contribution is 2.15. The van der Waals surface area contributed by atoms with Crippen molar-refractivity contribution in [3.63, 3.8) is 0 Å². The summed E-state index contributed by atoms with van der Waals surface area (Å²) in [5, 5.41) is 0. The van der Waals surface area contributed by atoms with Crippen molar-refractivity contribution in [1.29, 1.82) is 0 Å². The molecule has 3 heterocycles. The molecule has 6 nitrogen and oxygen atoms in total. The number of carbonyl (C=O) groups is 1. The van der Waals surface area contributed by atoms with Gasteiger partial charge in [0.05, 0.1) is 6.54 Å². The third-order valence-electron chi connectivity index (χ3n) is 3.72. The molecule has 0 atom stereocenters. The second-order valence-corrected chi connectivity index (χ2v) is 5.14. The maximum atomic E-state index is 12.6. The number of amides is 1. The van der Waals surface area contributed by atoms with Crippen LogP contribution in [0.2, 0.25) is 0 Å². The molecule has 2 aromatic heterocycles. The first-order chi connectivity index (χ1) is 10.8. The van der Waals surface area contributed by atoms with Crippen molar-refractivity contribution in [2.24, 2.45) is 0 Å². The second-order valence-electron chi connectivity index (χ2n) is 5.14. The predicted octanol–water partition coefficient (Wildman–Crippen LogP) is 0.863. The molecular weight excluding hydrogens is 278 g/mol. The number of hydrogen-bond donors (Lipinski definition) is 1. The Balaban J connectivity index is 1.71. The van der Waals surface area contributed by atoms with E-state index < -0.39 is 0 Å². The average Bonchev–Trinajstić information content (AvgIpc) is 3.10. The Bertz CT molecular complexity index is 681. The van der Waals surface area contributed by atoms with Crippen LogP contribution < -0.4 is 0 Å². The normalized spacial score (nSPS) is 15.5. The maximum absolute atomic E-state index is 12.6. The molecule has 1 amide bonds. The monoisotopic (exact) mass is 295 g/mol. The minimum atomic E-state index is 0.0237. The smallest absolute Gasteiger partial charge is 0.254 e. The molecule has 0 spiro atoms. The summed E-state index contributed by atoms with van der Waals surface area (Å²) < 4.78 is 0. The van der Waals surface area contributed by atoms with Crippen molar-refractivity contribution in [2.45, 2.75) is 0 Å². The van der Waals surface area contributed by atoms with Gasteiger partial charge in [0.1, 0.15) is 5.69 Å². The average molecular weight is 295 g/mol. The van der Waals surface area contributed by atoms with Gasteiger partial charge in [0.25, 0.3) is 5.91 Å². The highest BCUT2D eigenvalue weighted by molar-refractivity contribution is 5.95. The minimum absolute atomic E-state index is 0.0237. The van der Waals surface area contributed by atoms with Crippen molar-refractivity contribution in [1.82, 2.24) is 24.8 Å². The Morgan fingerprint density at radius 1 is 1.27 bits per heavy atom. The molecule has 22 heavy (non-hydrogen) atoms. The zero-order valence-electron chi connectivity index (χ0n) is 12.2. The van der Waals surface area contributed by atoms with Crippen molar-refractivity contribution in [2.75, 3.05) is 32.7 Å². The summed E-state index contributed by atoms with van der Waals surface area (Å²) in [5.41, 5.74) is 1.30. The van der Waals surface area contributed by atoms with Crippen LogP contribution in [-0.2, 0) is 0 Å². The molecule has 1 aliphatic heterocycles. The van der Waals surface area contributed by atoms with E-state index in [1.807, 2.05) is 4.90 Å². The molecule has 0 radical (unpaired) electrons. The van der Waals surface area contributed by atoms with Crippen LogP contribution in [0.3, 0.4) is 0 Å². The van der Waals surface area contributed by atoms with Gasteiger partial charge in [-0.15, -0.1) is 6.42 Å². The quantitative estimate of drug-likeness (QED) is 0.853. The third kappa shape index (κ3) is 3.00. The number of piperazine rings is 1. The van der Waals surface area contributed by atoms with Crippen LogP contribution in [0.15, 0.2) is 30.7 Å². The lowest BCUT2D eigenvalue weighted by Crippen LogP contribution is -2.48. The minimum Gasteiger partial charge on any atom is -0.343 e. The van der Waals surface area contributed by atoms with E-state index in [0.717, 1.165) is 13.1 Å². The number of hydrogen-bond acceptors (Lipinski definition) is 4. The molecule has 0 bridgehead atoms. The summed E-state index contributed by atoms with van der Waals surface area (Å²) in [6, 6.07) is 3.51. The standard InChI is InChI=1S/C16H17N5O/c1-2-7-20-8-10-21(11-9-20)16(22)13-3-4-17-14(12-13)15-18-5-6-19-15/h1,3-6,12H,7-11H2,(H,18,19). The predicted molar refractivity (Wildman–Crippen MR) is 83.0 cm³/mol. The molecule has 1 aliphatic rings. The van der Waals surface area contributed by atoms with Crippen LogP contribution in [0.1, 0.15) is 10.4 Å². The van der Waals surface area contributed by atoms with Crippen molar-refractivity contribution >= 4 is 5.91 Å². The molecule has 0 aliphatic carbocycles. The van der Waals surface area contributed by atoms with Crippen LogP contribution in [-0.4, -0.2) is 63.4 Å². The van der Waals surface area contributed by atoms with E-state index in [4.69, 9.17) is 6.42 Å². The van der Waals surface area contributed by atoms with Crippen LogP contribution >= 0.6 is 0 Å². The summed E-state index contributed by atoms with van der Waals surface area (Å²) in [5.74, 6) is 3.32. The maximum Gasteiger partial charge on any atom is 0.254 e. The molecule has 1 N–H and O–H groups in total. The van der Waals surface area contributed by atoms with Gasteiger partial charge in [-0.3, -0.25) is 14.7 Å². The number of imidazole rings is 1. The van der Waals surface area contributed by atoms with E-state index in [1.54, 1.807) is 30.7 Å². The molecule has 1 fully saturated rings. The Morgan fingerprint density at radius 2 is 2.09 bits per heavy atom. The Hall–Kier alpha value is -2.65. The molecular formula is C16H17N5O. The van der Waals surface area contributed by atoms with Gasteiger partial charge in [0, 0.05) is 50.3 Å². The molecule has 1 saturated heterocycles. The first-order valence-electron chi connectivity index (χ1n) is 7.19. The fourth-order valence-electron chi connectivity index (χ4n) is 2.52. The Kier molecular flexibility index (Phi) is 4.17. The topological polar surface area (TPSA) is 65.1 Å². The van der Waals surface area contributed by atoms with E-state index in [-0.39, 0.29) is 5.91 Å². The summed E-state index contributed by atoms with van der Waals surface area (Å²) in [6.07, 6.45) is 10.4. The number of H-pyrrole nitrogens is 1. The lowest BCUT2D eigenvalue weighted by molar-refractivity contribution is 0.0652. The Morgan fingerprint density at radius 3 is 2.77 bits per heavy atom. The van der Waals surface area contributed by atoms with Gasteiger partial charge >= 0.3 is 0 Å². The second kappa shape index (κ2) is 6.41. The van der Waals surface area contributed by atoms with Crippen LogP contribution in [0.4, 0.5) is 0 Å². The van der Waals surface area contributed by atoms with E-state index in [1.165, 1.54) is 0 Å². The summed E-state index contributed by atoms with van der Waals surface area (Å²) in [6.45, 7) is 3.65. The molecule has 0 saturated carbocycles. The van der Waals surface area contributed by atoms with E-state index in [2.05, 4.69) is 25.8 Å². The lowest BCUT2D eigenvalue weighted by atomic mass is 10.1. The van der Waals surface area contributed by atoms with E-state index >= 15 is 0 Å². The number of rotatable bonds is 3. The summed E-state index contributed by atoms with van der Waals surface area (Å²) in [4.78, 5) is 28.0. The van der Waals surface area contributed by atoms with Gasteiger partial charge < -0.3 is 9.88 Å². The number of nitrogens with zero attached hydrogens (tertiary/aromatic N) is 4. The van der Waals surface area contributed by atoms with Crippen molar-refractivity contribution in [3.05, 3.63) is 36.3 Å². The first kappa shape index (κ1) is 14.3. The molecule has 112 valence electrons. The number of terminal acetylenes is 1. The highest BCUT2D eigenvalue weighted by atomic mass is 16.2. The fourth-order valence-corrected chi connectivity index (χ4v) is 2.52. The number of aromatic nitrogens is 3. The van der Waals surface area contributed by atoms with Crippen LogP contribution in [0.25, 0.3) is 11.5 Å². The van der Waals surface area contributed by atoms with Crippen molar-refractivity contribution < 1.29 is 4.79 Å². The van der Waals surface area contributed by atoms with Gasteiger partial charge in [-0.05, 0) is 12.1 Å². The number of nitrogens with one attached hydrogen (secondary N) is 1. The largest absolute Gasteiger partial charge is 0.343 e. The van der Waals surface area contributed by atoms with E-state index in [0.29, 0.717) is 36.7 Å². The van der Waals surface area contributed by atoms with E-state index in [9.17, 15) is 4.79 Å². The van der Waals surface area contributed by atoms with Gasteiger partial charge in [-0.2, -0.15) is 0 Å². The van der Waals surface area contributed by atoms with Gasteiger partial charge in [-0.25, -0.2) is 4.98 Å². The fraction of sp³-hybridized carbons (Fsp3) is 0.312. The number of aromatic amines is 1. The number of carbonyl (C=O) groups excluding carboxylic acids is 1. The number of pyridine rings is 1. The van der Waals surface area contributed by atoms with Gasteiger partial charge in [-0.1, -0.05) is 5.92 Å². The highest BCUT2D eigenvalue weighted by Gasteiger charge is 2.22. The van der Waals surface area contributed by atoms with Gasteiger partial charge in [0.2, 0.25) is 0 Å². The SMILES string of the molecule is C#CCN1CCN(C(=O)c2ccnc(-c3ncc[nH]3)c2)CC1. The molecule has 3 rings (SSSR count). The third-order valence-corrected chi connectivity index (χ3v) is 3.72. The van der Waals surface area contributed by atoms with Gasteiger partial charge in [0.15, 0.2) is 5.82 Å². The lowest BCUT2D eigenvalue weighted by Gasteiger charge is -2.33. The first-order valence-corrected chi connectivity index (χ1v) is 7.19. The molecule has 0 unspecified atom stereocenters. The zero-order chi connectivity index (χ0) is 15.4. The molecule has 6 heteroatoms. The Labute approximate surface area is 129 Å². The summed E-state index contributed by atoms with van der Waals surface area (Å²) in [7, 11) is 0.